The number of carbonyl (C=O) groups is 3. The third-order valence-electron chi connectivity index (χ3n) is 11.0. The van der Waals surface area contributed by atoms with Gasteiger partial charge in [0.05, 0.1) is 25.0 Å². The number of aliphatic hydroxyl groups excluding tert-OH is 1. The van der Waals surface area contributed by atoms with Gasteiger partial charge in [0.15, 0.2) is 5.78 Å². The van der Waals surface area contributed by atoms with Crippen molar-refractivity contribution in [2.45, 2.75) is 83.9 Å². The number of fused-ring (bicyclic) bond motifs is 1. The Bertz CT molecular complexity index is 1790. The van der Waals surface area contributed by atoms with Crippen molar-refractivity contribution in [3.63, 3.8) is 0 Å². The lowest BCUT2D eigenvalue weighted by Crippen LogP contribution is -2.50. The summed E-state index contributed by atoms with van der Waals surface area (Å²) in [5.74, 6) is 0.247. The number of aliphatic hydroxyl groups is 1. The number of ketones is 1. The van der Waals surface area contributed by atoms with Crippen molar-refractivity contribution in [1.82, 2.24) is 20.0 Å². The number of piperidine rings is 1. The number of nitrogens with one attached hydrogen (secondary N) is 1. The number of hydrogen-bond donors (Lipinski definition) is 2. The number of halogens is 1. The minimum Gasteiger partial charge on any atom is -0.510 e. The van der Waals surface area contributed by atoms with Crippen molar-refractivity contribution in [3.05, 3.63) is 99.2 Å². The minimum atomic E-state index is -0.872. The van der Waals surface area contributed by atoms with Gasteiger partial charge in [0.25, 0.3) is 0 Å². The first-order chi connectivity index (χ1) is 25.1. The predicted octanol–water partition coefficient (Wildman–Crippen LogP) is 6.59. The molecule has 3 heterocycles. The van der Waals surface area contributed by atoms with Crippen LogP contribution in [0.25, 0.3) is 0 Å². The maximum atomic E-state index is 14.7. The fourth-order valence-corrected chi connectivity index (χ4v) is 8.58. The Balaban J connectivity index is 1.18. The lowest BCUT2D eigenvalue weighted by molar-refractivity contribution is -0.138. The zero-order valence-electron chi connectivity index (χ0n) is 30.2. The minimum absolute atomic E-state index is 0.0445. The van der Waals surface area contributed by atoms with Crippen LogP contribution < -0.4 is 10.1 Å². The normalized spacial score (nSPS) is 22.6. The molecule has 276 valence electrons. The highest BCUT2D eigenvalue weighted by atomic mass is 35.5. The Labute approximate surface area is 311 Å². The van der Waals surface area contributed by atoms with Gasteiger partial charge in [-0.1, -0.05) is 67.9 Å². The second-order valence-corrected chi connectivity index (χ2v) is 15.7. The summed E-state index contributed by atoms with van der Waals surface area (Å²) in [6, 6.07) is 14.8. The number of amides is 2. The van der Waals surface area contributed by atoms with Gasteiger partial charge < -0.3 is 24.8 Å². The van der Waals surface area contributed by atoms with Gasteiger partial charge in [-0.15, -0.1) is 0 Å². The first-order valence-corrected chi connectivity index (χ1v) is 19.0. The quantitative estimate of drug-likeness (QED) is 0.314. The summed E-state index contributed by atoms with van der Waals surface area (Å²) >= 11 is 7.08. The number of hydrogen-bond acceptors (Lipinski definition) is 8. The number of allylic oxidation sites excluding steroid dienone is 3. The van der Waals surface area contributed by atoms with Crippen LogP contribution in [-0.4, -0.2) is 82.8 Å². The molecule has 2 fully saturated rings. The smallest absolute Gasteiger partial charge is 0.228 e. The highest BCUT2D eigenvalue weighted by Crippen LogP contribution is 2.49. The van der Waals surface area contributed by atoms with Gasteiger partial charge in [-0.05, 0) is 54.4 Å². The number of likely N-dealkylation sites (tertiary alicyclic amines) is 1. The van der Waals surface area contributed by atoms with Crippen LogP contribution in [0, 0.1) is 5.41 Å². The molecule has 11 heteroatoms. The Morgan fingerprint density at radius 3 is 2.46 bits per heavy atom. The SMILES string of the molecule is CC1(C)CC(=O)C2=C(C1)NC1=C(O)CCC=C1N(C(=O)CCC(=O)N1CCC(N3CCOCC3)CC1)C2c1ccc(OCc2ccccc2)cc1Cl. The van der Waals surface area contributed by atoms with Crippen LogP contribution in [0.2, 0.25) is 5.02 Å². The van der Waals surface area contributed by atoms with Gasteiger partial charge in [0, 0.05) is 74.2 Å². The van der Waals surface area contributed by atoms with Crippen LogP contribution in [0.3, 0.4) is 0 Å². The average molecular weight is 729 g/mol. The number of morpholine rings is 1. The molecule has 0 spiro atoms. The number of Topliss-reactive ketones (excluding diaryl/α,β-unsaturated/α-hetero) is 1. The molecule has 1 unspecified atom stereocenters. The summed E-state index contributed by atoms with van der Waals surface area (Å²) in [6.45, 7) is 9.11. The van der Waals surface area contributed by atoms with Crippen molar-refractivity contribution >= 4 is 29.2 Å². The molecule has 0 saturated carbocycles. The van der Waals surface area contributed by atoms with E-state index < -0.39 is 6.04 Å². The third kappa shape index (κ3) is 7.80. The van der Waals surface area contributed by atoms with Gasteiger partial charge in [0.2, 0.25) is 11.8 Å². The average Bonchev–Trinajstić information content (AvgIpc) is 3.28. The van der Waals surface area contributed by atoms with E-state index >= 15 is 0 Å². The second kappa shape index (κ2) is 15.5. The van der Waals surface area contributed by atoms with Crippen LogP contribution in [0.15, 0.2) is 83.0 Å². The molecule has 52 heavy (non-hydrogen) atoms. The maximum Gasteiger partial charge on any atom is 0.228 e. The molecule has 0 bridgehead atoms. The van der Waals surface area contributed by atoms with E-state index in [0.29, 0.717) is 90.4 Å². The highest BCUT2D eigenvalue weighted by molar-refractivity contribution is 6.31. The molecule has 2 saturated heterocycles. The highest BCUT2D eigenvalue weighted by Gasteiger charge is 2.46. The van der Waals surface area contributed by atoms with E-state index in [2.05, 4.69) is 10.2 Å². The monoisotopic (exact) mass is 728 g/mol. The molecular weight excluding hydrogens is 680 g/mol. The molecule has 3 aliphatic heterocycles. The number of rotatable bonds is 8. The van der Waals surface area contributed by atoms with Crippen LogP contribution in [-0.2, 0) is 25.7 Å². The fourth-order valence-electron chi connectivity index (χ4n) is 8.31. The first-order valence-electron chi connectivity index (χ1n) is 18.6. The molecule has 2 aromatic rings. The molecular formula is C41H49ClN4O6. The standard InChI is InChI=1S/C41H49ClN4O6/c1-41(2)24-32-38(35(48)25-41)40(30-12-11-29(23-31(30)42)52-26-27-7-4-3-5-8-27)46(33-9-6-10-34(47)39(33)43-32)37(50)14-13-36(49)45-17-15-28(16-18-45)44-19-21-51-22-20-44/h3-5,7-9,11-12,23,28,40,43,47H,6,10,13-22,24-26H2,1-2H3. The van der Waals surface area contributed by atoms with Crippen LogP contribution in [0.5, 0.6) is 5.75 Å². The van der Waals surface area contributed by atoms with Gasteiger partial charge in [0.1, 0.15) is 23.8 Å². The van der Waals surface area contributed by atoms with Crippen molar-refractivity contribution < 1.29 is 29.0 Å². The van der Waals surface area contributed by atoms with Crippen molar-refractivity contribution in [3.8, 4) is 5.75 Å². The molecule has 2 N–H and O–H groups in total. The van der Waals surface area contributed by atoms with E-state index in [1.165, 1.54) is 0 Å². The topological polar surface area (TPSA) is 112 Å². The molecule has 2 aromatic carbocycles. The summed E-state index contributed by atoms with van der Waals surface area (Å²) in [4.78, 5) is 48.4. The van der Waals surface area contributed by atoms with Crippen molar-refractivity contribution in [1.29, 1.82) is 0 Å². The van der Waals surface area contributed by atoms with E-state index in [4.69, 9.17) is 21.1 Å². The van der Waals surface area contributed by atoms with E-state index in [0.717, 1.165) is 44.7 Å². The van der Waals surface area contributed by atoms with Crippen LogP contribution in [0.1, 0.15) is 82.4 Å². The zero-order valence-corrected chi connectivity index (χ0v) is 30.9. The van der Waals surface area contributed by atoms with Crippen LogP contribution in [0.4, 0.5) is 0 Å². The number of nitrogens with zero attached hydrogens (tertiary/aromatic N) is 3. The zero-order chi connectivity index (χ0) is 36.4. The Morgan fingerprint density at radius 2 is 1.73 bits per heavy atom. The fraction of sp³-hybridized carbons (Fsp3) is 0.488. The molecule has 10 nitrogen and oxygen atoms in total. The molecule has 7 rings (SSSR count). The number of ether oxygens (including phenoxy) is 2. The third-order valence-corrected chi connectivity index (χ3v) is 11.3. The maximum absolute atomic E-state index is 14.7. The molecule has 5 aliphatic rings. The van der Waals surface area contributed by atoms with Gasteiger partial charge >= 0.3 is 0 Å². The summed E-state index contributed by atoms with van der Waals surface area (Å²) in [6.07, 6.45) is 5.50. The van der Waals surface area contributed by atoms with Crippen molar-refractivity contribution in [2.75, 3.05) is 39.4 Å². The van der Waals surface area contributed by atoms with E-state index in [-0.39, 0.29) is 41.6 Å². The molecule has 0 radical (unpaired) electrons. The van der Waals surface area contributed by atoms with E-state index in [9.17, 15) is 19.5 Å². The Morgan fingerprint density at radius 1 is 1.00 bits per heavy atom. The Kier molecular flexibility index (Phi) is 10.8. The molecule has 0 aromatic heterocycles. The molecule has 1 atom stereocenters. The lowest BCUT2D eigenvalue weighted by atomic mass is 9.73. The van der Waals surface area contributed by atoms with Crippen LogP contribution >= 0.6 is 11.6 Å². The Hall–Kier alpha value is -4.12. The summed E-state index contributed by atoms with van der Waals surface area (Å²) in [5, 5.41) is 15.0. The number of benzene rings is 2. The van der Waals surface area contributed by atoms with E-state index in [1.807, 2.05) is 67.3 Å². The van der Waals surface area contributed by atoms with Gasteiger partial charge in [-0.25, -0.2) is 0 Å². The molecule has 2 aliphatic carbocycles. The lowest BCUT2D eigenvalue weighted by Gasteiger charge is -2.40. The predicted molar refractivity (Wildman–Crippen MR) is 198 cm³/mol. The summed E-state index contributed by atoms with van der Waals surface area (Å²) in [5.41, 5.74) is 3.32. The van der Waals surface area contributed by atoms with Gasteiger partial charge in [-0.2, -0.15) is 0 Å². The summed E-state index contributed by atoms with van der Waals surface area (Å²) in [7, 11) is 0. The summed E-state index contributed by atoms with van der Waals surface area (Å²) < 4.78 is 11.6. The number of carbonyl (C=O) groups excluding carboxylic acids is 3. The van der Waals surface area contributed by atoms with Crippen molar-refractivity contribution in [2.24, 2.45) is 5.41 Å². The largest absolute Gasteiger partial charge is 0.510 e. The van der Waals surface area contributed by atoms with E-state index in [1.54, 1.807) is 11.0 Å². The first kappa shape index (κ1) is 36.2. The molecule has 2 amide bonds. The van der Waals surface area contributed by atoms with Gasteiger partial charge in [-0.3, -0.25) is 24.2 Å². The second-order valence-electron chi connectivity index (χ2n) is 15.3.